The molecular weight excluding hydrogens is 407 g/mol. The molecule has 8 heteroatoms. The number of halogens is 1. The van der Waals surface area contributed by atoms with E-state index in [2.05, 4.69) is 36.6 Å². The van der Waals surface area contributed by atoms with Crippen molar-refractivity contribution in [1.82, 2.24) is 19.9 Å². The molecule has 0 unspecified atom stereocenters. The number of hydrogen-bond donors (Lipinski definition) is 2. The summed E-state index contributed by atoms with van der Waals surface area (Å²) >= 11 is 0. The Labute approximate surface area is 187 Å². The second-order valence-corrected chi connectivity index (χ2v) is 8.56. The number of anilines is 2. The molecule has 1 aliphatic heterocycles. The highest BCUT2D eigenvalue weighted by molar-refractivity contribution is 5.92. The van der Waals surface area contributed by atoms with Crippen molar-refractivity contribution in [2.45, 2.75) is 37.8 Å². The molecule has 0 bridgehead atoms. The van der Waals surface area contributed by atoms with E-state index in [0.717, 1.165) is 67.0 Å². The zero-order valence-electron chi connectivity index (χ0n) is 18.4. The number of fused-ring (bicyclic) bond motifs is 1. The maximum absolute atomic E-state index is 13.8. The SMILES string of the molecule is CNc1cc(-c2ccc3ncnc(N[C@H]4CC[C@H](N5CCOCC5)CC4)c3c2)cnc1F. The third-order valence-electron chi connectivity index (χ3n) is 6.68. The first-order chi connectivity index (χ1) is 15.7. The van der Waals surface area contributed by atoms with Gasteiger partial charge in [0.1, 0.15) is 12.1 Å². The highest BCUT2D eigenvalue weighted by atomic mass is 19.1. The third-order valence-corrected chi connectivity index (χ3v) is 6.68. The predicted molar refractivity (Wildman–Crippen MR) is 124 cm³/mol. The summed E-state index contributed by atoms with van der Waals surface area (Å²) in [7, 11) is 1.69. The van der Waals surface area contributed by atoms with E-state index >= 15 is 0 Å². The van der Waals surface area contributed by atoms with Crippen molar-refractivity contribution in [3.8, 4) is 11.1 Å². The molecular formula is C24H29FN6O. The molecule has 1 aromatic carbocycles. The zero-order chi connectivity index (χ0) is 21.9. The number of hydrogen-bond acceptors (Lipinski definition) is 7. The van der Waals surface area contributed by atoms with Crippen molar-refractivity contribution in [2.75, 3.05) is 44.0 Å². The lowest BCUT2D eigenvalue weighted by atomic mass is 9.90. The lowest BCUT2D eigenvalue weighted by molar-refractivity contribution is 0.00791. The van der Waals surface area contributed by atoms with Crippen LogP contribution in [0, 0.1) is 5.95 Å². The minimum Gasteiger partial charge on any atom is -0.384 e. The molecule has 3 heterocycles. The van der Waals surface area contributed by atoms with E-state index in [-0.39, 0.29) is 0 Å². The number of nitrogens with zero attached hydrogens (tertiary/aromatic N) is 4. The lowest BCUT2D eigenvalue weighted by Gasteiger charge is -2.39. The van der Waals surface area contributed by atoms with E-state index in [0.29, 0.717) is 17.8 Å². The molecule has 2 fully saturated rings. The first kappa shape index (κ1) is 21.0. The lowest BCUT2D eigenvalue weighted by Crippen LogP contribution is -2.46. The van der Waals surface area contributed by atoms with E-state index in [1.165, 1.54) is 12.8 Å². The van der Waals surface area contributed by atoms with E-state index in [9.17, 15) is 4.39 Å². The first-order valence-electron chi connectivity index (χ1n) is 11.4. The molecule has 0 amide bonds. The van der Waals surface area contributed by atoms with Gasteiger partial charge in [-0.1, -0.05) is 6.07 Å². The molecule has 2 aromatic heterocycles. The van der Waals surface area contributed by atoms with Crippen LogP contribution in [0.15, 0.2) is 36.8 Å². The van der Waals surface area contributed by atoms with Crippen molar-refractivity contribution >= 4 is 22.4 Å². The fraction of sp³-hybridized carbons (Fsp3) is 0.458. The molecule has 1 aliphatic carbocycles. The molecule has 168 valence electrons. The second kappa shape index (κ2) is 9.34. The topological polar surface area (TPSA) is 75.2 Å². The molecule has 7 nitrogen and oxygen atoms in total. The van der Waals surface area contributed by atoms with Gasteiger partial charge in [-0.3, -0.25) is 4.90 Å². The van der Waals surface area contributed by atoms with E-state index in [1.807, 2.05) is 12.1 Å². The van der Waals surface area contributed by atoms with Crippen LogP contribution in [0.3, 0.4) is 0 Å². The average Bonchev–Trinajstić information content (AvgIpc) is 2.85. The van der Waals surface area contributed by atoms with Crippen LogP contribution in [0.2, 0.25) is 0 Å². The molecule has 5 rings (SSSR count). The molecule has 0 radical (unpaired) electrons. The Morgan fingerprint density at radius 2 is 1.81 bits per heavy atom. The predicted octanol–water partition coefficient (Wildman–Crippen LogP) is 3.93. The van der Waals surface area contributed by atoms with Gasteiger partial charge in [-0.25, -0.2) is 15.0 Å². The maximum atomic E-state index is 13.8. The van der Waals surface area contributed by atoms with Crippen molar-refractivity contribution < 1.29 is 9.13 Å². The smallest absolute Gasteiger partial charge is 0.236 e. The van der Waals surface area contributed by atoms with Crippen LogP contribution in [0.1, 0.15) is 25.7 Å². The molecule has 1 saturated heterocycles. The van der Waals surface area contributed by atoms with Crippen LogP contribution < -0.4 is 10.6 Å². The van der Waals surface area contributed by atoms with E-state index < -0.39 is 5.95 Å². The Hall–Kier alpha value is -2.84. The molecule has 2 N–H and O–H groups in total. The Kier molecular flexibility index (Phi) is 6.14. The number of benzene rings is 1. The number of rotatable bonds is 5. The number of aromatic nitrogens is 3. The summed E-state index contributed by atoms with van der Waals surface area (Å²) < 4.78 is 19.3. The Morgan fingerprint density at radius 3 is 2.59 bits per heavy atom. The molecule has 0 atom stereocenters. The van der Waals surface area contributed by atoms with Crippen molar-refractivity contribution in [3.05, 3.63) is 42.7 Å². The molecule has 3 aromatic rings. The number of pyridine rings is 1. The number of morpholine rings is 1. The largest absolute Gasteiger partial charge is 0.384 e. The summed E-state index contributed by atoms with van der Waals surface area (Å²) in [5, 5.41) is 7.49. The van der Waals surface area contributed by atoms with Gasteiger partial charge in [-0.2, -0.15) is 4.39 Å². The zero-order valence-corrected chi connectivity index (χ0v) is 18.4. The summed E-state index contributed by atoms with van der Waals surface area (Å²) in [5.41, 5.74) is 3.06. The van der Waals surface area contributed by atoms with Crippen LogP contribution >= 0.6 is 0 Å². The molecule has 32 heavy (non-hydrogen) atoms. The molecule has 2 aliphatic rings. The minimum absolute atomic E-state index is 0.377. The van der Waals surface area contributed by atoms with Gasteiger partial charge in [0, 0.05) is 49.4 Å². The molecule has 1 saturated carbocycles. The summed E-state index contributed by atoms with van der Waals surface area (Å²) in [5.74, 6) is 0.353. The summed E-state index contributed by atoms with van der Waals surface area (Å²) in [6, 6.07) is 8.87. The quantitative estimate of drug-likeness (QED) is 0.587. The van der Waals surface area contributed by atoms with Crippen LogP contribution in [0.25, 0.3) is 22.0 Å². The Morgan fingerprint density at radius 1 is 1.00 bits per heavy atom. The minimum atomic E-state index is -0.504. The van der Waals surface area contributed by atoms with E-state index in [1.54, 1.807) is 25.6 Å². The third kappa shape index (κ3) is 4.38. The van der Waals surface area contributed by atoms with Gasteiger partial charge >= 0.3 is 0 Å². The fourth-order valence-electron chi connectivity index (χ4n) is 4.85. The van der Waals surface area contributed by atoms with Gasteiger partial charge in [-0.05, 0) is 49.4 Å². The monoisotopic (exact) mass is 436 g/mol. The van der Waals surface area contributed by atoms with Gasteiger partial charge in [0.05, 0.1) is 24.4 Å². The van der Waals surface area contributed by atoms with Crippen LogP contribution in [0.5, 0.6) is 0 Å². The van der Waals surface area contributed by atoms with Crippen LogP contribution in [-0.2, 0) is 4.74 Å². The average molecular weight is 437 g/mol. The van der Waals surface area contributed by atoms with E-state index in [4.69, 9.17) is 4.74 Å². The van der Waals surface area contributed by atoms with Gasteiger partial charge < -0.3 is 15.4 Å². The number of ether oxygens (including phenoxy) is 1. The van der Waals surface area contributed by atoms with Gasteiger partial charge in [-0.15, -0.1) is 0 Å². The normalized spacial score (nSPS) is 22.1. The molecule has 0 spiro atoms. The van der Waals surface area contributed by atoms with Crippen LogP contribution in [0.4, 0.5) is 15.9 Å². The standard InChI is InChI=1S/C24H29FN6O/c1-26-22-13-17(14-27-23(22)25)16-2-7-21-20(12-16)24(29-15-28-21)30-18-3-5-19(6-4-18)31-8-10-32-11-9-31/h2,7,12-15,18-19,26H,3-6,8-11H2,1H3,(H,28,29,30)/t18-,19-. The fourth-order valence-corrected chi connectivity index (χ4v) is 4.85. The summed E-state index contributed by atoms with van der Waals surface area (Å²) in [6.07, 6.45) is 7.81. The van der Waals surface area contributed by atoms with Gasteiger partial charge in [0.2, 0.25) is 5.95 Å². The highest BCUT2D eigenvalue weighted by Crippen LogP contribution is 2.31. The second-order valence-electron chi connectivity index (χ2n) is 8.56. The van der Waals surface area contributed by atoms with Crippen molar-refractivity contribution in [2.24, 2.45) is 0 Å². The maximum Gasteiger partial charge on any atom is 0.236 e. The van der Waals surface area contributed by atoms with Crippen molar-refractivity contribution in [1.29, 1.82) is 0 Å². The Balaban J connectivity index is 1.34. The highest BCUT2D eigenvalue weighted by Gasteiger charge is 2.27. The van der Waals surface area contributed by atoms with Crippen LogP contribution in [-0.4, -0.2) is 65.3 Å². The summed E-state index contributed by atoms with van der Waals surface area (Å²) in [6.45, 7) is 3.81. The first-order valence-corrected chi connectivity index (χ1v) is 11.4. The van der Waals surface area contributed by atoms with Gasteiger partial charge in [0.15, 0.2) is 0 Å². The van der Waals surface area contributed by atoms with Gasteiger partial charge in [0.25, 0.3) is 0 Å². The Bertz CT molecular complexity index is 1080. The number of nitrogens with one attached hydrogen (secondary N) is 2. The van der Waals surface area contributed by atoms with Crippen molar-refractivity contribution in [3.63, 3.8) is 0 Å². The summed E-state index contributed by atoms with van der Waals surface area (Å²) in [4.78, 5) is 15.5.